The van der Waals surface area contributed by atoms with Gasteiger partial charge in [0.25, 0.3) is 5.56 Å². The summed E-state index contributed by atoms with van der Waals surface area (Å²) in [4.78, 5) is 21.8. The lowest BCUT2D eigenvalue weighted by atomic mass is 10.1. The summed E-state index contributed by atoms with van der Waals surface area (Å²) in [5.41, 5.74) is 0.0180. The van der Waals surface area contributed by atoms with E-state index in [4.69, 9.17) is 4.74 Å². The highest BCUT2D eigenvalue weighted by Crippen LogP contribution is 2.39. The van der Waals surface area contributed by atoms with Gasteiger partial charge in [0, 0.05) is 12.1 Å². The fraction of sp³-hybridized carbons (Fsp3) is 0.222. The van der Waals surface area contributed by atoms with Gasteiger partial charge in [-0.3, -0.25) is 4.79 Å². The summed E-state index contributed by atoms with van der Waals surface area (Å²) in [6.07, 6.45) is -1.77. The molecule has 12 heteroatoms. The predicted octanol–water partition coefficient (Wildman–Crippen LogP) is 3.84. The summed E-state index contributed by atoms with van der Waals surface area (Å²) in [7, 11) is 0. The first kappa shape index (κ1) is 20.3. The first-order chi connectivity index (χ1) is 14.2. The summed E-state index contributed by atoms with van der Waals surface area (Å²) in [6.45, 7) is 0.698. The van der Waals surface area contributed by atoms with Crippen molar-refractivity contribution in [1.29, 1.82) is 0 Å². The van der Waals surface area contributed by atoms with Crippen LogP contribution in [0.2, 0.25) is 0 Å². The molecule has 2 aromatic heterocycles. The SMILES string of the molecule is O=c1[nH]ncc(N2CCc3c(ncnc3Oc3ccc(F)cc3C(F)(F)F)C2)c1Br. The fourth-order valence-electron chi connectivity index (χ4n) is 3.13. The highest BCUT2D eigenvalue weighted by molar-refractivity contribution is 9.10. The molecule has 1 aliphatic heterocycles. The number of nitrogens with zero attached hydrogens (tertiary/aromatic N) is 4. The van der Waals surface area contributed by atoms with E-state index in [1.807, 2.05) is 4.90 Å². The monoisotopic (exact) mass is 485 g/mol. The van der Waals surface area contributed by atoms with Crippen molar-refractivity contribution in [1.82, 2.24) is 20.2 Å². The van der Waals surface area contributed by atoms with Crippen LogP contribution in [0, 0.1) is 5.82 Å². The molecule has 7 nitrogen and oxygen atoms in total. The molecule has 0 saturated heterocycles. The minimum absolute atomic E-state index is 0.0279. The fourth-order valence-corrected chi connectivity index (χ4v) is 3.57. The van der Waals surface area contributed by atoms with Crippen LogP contribution in [-0.2, 0) is 19.1 Å². The normalized spacial score (nSPS) is 13.8. The third-order valence-corrected chi connectivity index (χ3v) is 5.31. The number of benzene rings is 1. The second-order valence-electron chi connectivity index (χ2n) is 6.41. The second-order valence-corrected chi connectivity index (χ2v) is 7.21. The molecule has 3 heterocycles. The lowest BCUT2D eigenvalue weighted by molar-refractivity contribution is -0.138. The van der Waals surface area contributed by atoms with Gasteiger partial charge in [-0.1, -0.05) is 0 Å². The van der Waals surface area contributed by atoms with Gasteiger partial charge < -0.3 is 9.64 Å². The van der Waals surface area contributed by atoms with E-state index in [1.165, 1.54) is 12.5 Å². The predicted molar refractivity (Wildman–Crippen MR) is 101 cm³/mol. The number of nitrogens with one attached hydrogen (secondary N) is 1. The van der Waals surface area contributed by atoms with E-state index in [-0.39, 0.29) is 18.0 Å². The molecule has 0 radical (unpaired) electrons. The maximum atomic E-state index is 13.3. The molecule has 0 atom stereocenters. The number of aromatic amines is 1. The summed E-state index contributed by atoms with van der Waals surface area (Å²) < 4.78 is 58.9. The average molecular weight is 486 g/mol. The maximum Gasteiger partial charge on any atom is 0.420 e. The number of anilines is 1. The number of aromatic nitrogens is 4. The van der Waals surface area contributed by atoms with Crippen LogP contribution < -0.4 is 15.2 Å². The van der Waals surface area contributed by atoms with Crippen molar-refractivity contribution >= 4 is 21.6 Å². The Hall–Kier alpha value is -3.02. The quantitative estimate of drug-likeness (QED) is 0.567. The number of alkyl halides is 3. The number of hydrogen-bond donors (Lipinski definition) is 1. The van der Waals surface area contributed by atoms with Crippen LogP contribution in [0.4, 0.5) is 23.2 Å². The van der Waals surface area contributed by atoms with E-state index in [2.05, 4.69) is 36.1 Å². The average Bonchev–Trinajstić information content (AvgIpc) is 2.70. The van der Waals surface area contributed by atoms with Crippen molar-refractivity contribution in [3.05, 3.63) is 68.2 Å². The molecule has 0 amide bonds. The number of H-pyrrole nitrogens is 1. The third kappa shape index (κ3) is 3.86. The first-order valence-corrected chi connectivity index (χ1v) is 9.39. The molecular formula is C18H12BrF4N5O2. The van der Waals surface area contributed by atoms with E-state index in [0.29, 0.717) is 40.4 Å². The van der Waals surface area contributed by atoms with E-state index >= 15 is 0 Å². The maximum absolute atomic E-state index is 13.3. The zero-order chi connectivity index (χ0) is 21.5. The third-order valence-electron chi connectivity index (χ3n) is 4.54. The first-order valence-electron chi connectivity index (χ1n) is 8.59. The van der Waals surface area contributed by atoms with Crippen LogP contribution in [0.15, 0.2) is 40.0 Å². The molecule has 4 rings (SSSR count). The van der Waals surface area contributed by atoms with Crippen molar-refractivity contribution in [2.75, 3.05) is 11.4 Å². The number of fused-ring (bicyclic) bond motifs is 1. The smallest absolute Gasteiger partial charge is 0.420 e. The molecule has 0 spiro atoms. The van der Waals surface area contributed by atoms with Crippen molar-refractivity contribution in [3.63, 3.8) is 0 Å². The standard InChI is InChI=1S/C18H12BrF4N5O2/c19-15-13(6-26-27-16(15)29)28-4-3-10-12(7-28)24-8-25-17(10)30-14-2-1-9(20)5-11(14)18(21,22)23/h1-2,5-6,8H,3-4,7H2,(H,27,29). The Morgan fingerprint density at radius 2 is 2.03 bits per heavy atom. The molecule has 0 aliphatic carbocycles. The van der Waals surface area contributed by atoms with Crippen LogP contribution in [0.3, 0.4) is 0 Å². The van der Waals surface area contributed by atoms with E-state index in [0.717, 1.165) is 12.1 Å². The van der Waals surface area contributed by atoms with Crippen LogP contribution in [0.25, 0.3) is 0 Å². The van der Waals surface area contributed by atoms with Gasteiger partial charge in [0.1, 0.15) is 27.9 Å². The van der Waals surface area contributed by atoms with Gasteiger partial charge in [-0.05, 0) is 40.5 Å². The Bertz CT molecular complexity index is 1170. The van der Waals surface area contributed by atoms with E-state index in [9.17, 15) is 22.4 Å². The zero-order valence-corrected chi connectivity index (χ0v) is 16.6. The zero-order valence-electron chi connectivity index (χ0n) is 15.0. The highest BCUT2D eigenvalue weighted by atomic mass is 79.9. The van der Waals surface area contributed by atoms with E-state index < -0.39 is 23.3 Å². The molecule has 1 N–H and O–H groups in total. The summed E-state index contributed by atoms with van der Waals surface area (Å²) in [6, 6.07) is 2.18. The van der Waals surface area contributed by atoms with Crippen molar-refractivity contribution in [2.45, 2.75) is 19.1 Å². The Kier molecular flexibility index (Phi) is 5.18. The molecule has 30 heavy (non-hydrogen) atoms. The lowest BCUT2D eigenvalue weighted by Gasteiger charge is -2.30. The van der Waals surface area contributed by atoms with Crippen molar-refractivity contribution < 1.29 is 22.3 Å². The Morgan fingerprint density at radius 1 is 1.23 bits per heavy atom. The second kappa shape index (κ2) is 7.67. The van der Waals surface area contributed by atoms with Crippen molar-refractivity contribution in [3.8, 4) is 11.6 Å². The van der Waals surface area contributed by atoms with Gasteiger partial charge in [0.05, 0.1) is 24.1 Å². The molecule has 0 fully saturated rings. The molecule has 0 unspecified atom stereocenters. The van der Waals surface area contributed by atoms with Gasteiger partial charge in [0.2, 0.25) is 5.88 Å². The minimum Gasteiger partial charge on any atom is -0.438 e. The lowest BCUT2D eigenvalue weighted by Crippen LogP contribution is -2.33. The van der Waals surface area contributed by atoms with Crippen LogP contribution in [0.5, 0.6) is 11.6 Å². The largest absolute Gasteiger partial charge is 0.438 e. The molecule has 0 bridgehead atoms. The number of halogens is 5. The highest BCUT2D eigenvalue weighted by Gasteiger charge is 2.35. The Morgan fingerprint density at radius 3 is 2.80 bits per heavy atom. The van der Waals surface area contributed by atoms with E-state index in [1.54, 1.807) is 0 Å². The topological polar surface area (TPSA) is 84.0 Å². The van der Waals surface area contributed by atoms with Gasteiger partial charge in [-0.15, -0.1) is 0 Å². The summed E-state index contributed by atoms with van der Waals surface area (Å²) in [5.74, 6) is -1.60. The molecule has 0 saturated carbocycles. The van der Waals surface area contributed by atoms with Gasteiger partial charge in [-0.2, -0.15) is 18.3 Å². The number of rotatable bonds is 3. The van der Waals surface area contributed by atoms with Gasteiger partial charge in [-0.25, -0.2) is 19.5 Å². The van der Waals surface area contributed by atoms with Crippen LogP contribution in [0.1, 0.15) is 16.8 Å². The number of hydrogen-bond acceptors (Lipinski definition) is 6. The molecule has 1 aromatic carbocycles. The summed E-state index contributed by atoms with van der Waals surface area (Å²) >= 11 is 3.23. The minimum atomic E-state index is -4.79. The van der Waals surface area contributed by atoms with Crippen molar-refractivity contribution in [2.24, 2.45) is 0 Å². The van der Waals surface area contributed by atoms with Gasteiger partial charge in [0.15, 0.2) is 0 Å². The van der Waals surface area contributed by atoms with Crippen LogP contribution in [-0.4, -0.2) is 26.7 Å². The Labute approximate surface area is 174 Å². The molecular weight excluding hydrogens is 474 g/mol. The molecule has 156 valence electrons. The summed E-state index contributed by atoms with van der Waals surface area (Å²) in [5, 5.41) is 6.10. The van der Waals surface area contributed by atoms with Crippen LogP contribution >= 0.6 is 15.9 Å². The Balaban J connectivity index is 1.66. The molecule has 3 aromatic rings. The van der Waals surface area contributed by atoms with Gasteiger partial charge >= 0.3 is 6.18 Å². The number of ether oxygens (including phenoxy) is 1. The molecule has 1 aliphatic rings.